The van der Waals surface area contributed by atoms with Crippen LogP contribution >= 0.6 is 0 Å². The highest BCUT2D eigenvalue weighted by Gasteiger charge is 2.16. The van der Waals surface area contributed by atoms with Crippen LogP contribution in [0, 0.1) is 10.1 Å². The number of nitro groups is 1. The molecule has 0 aliphatic heterocycles. The molecule has 6 heteroatoms. The lowest BCUT2D eigenvalue weighted by Crippen LogP contribution is -2.24. The van der Waals surface area contributed by atoms with Gasteiger partial charge in [0.1, 0.15) is 5.69 Å². The van der Waals surface area contributed by atoms with Gasteiger partial charge in [0.2, 0.25) is 0 Å². The summed E-state index contributed by atoms with van der Waals surface area (Å²) in [4.78, 5) is 22.4. The average Bonchev–Trinajstić information content (AvgIpc) is 2.44. The van der Waals surface area contributed by atoms with Gasteiger partial charge in [0, 0.05) is 24.7 Å². The molecule has 0 unspecified atom stereocenters. The molecule has 0 aliphatic rings. The molecule has 0 atom stereocenters. The number of hydrogen-bond donors (Lipinski definition) is 2. The van der Waals surface area contributed by atoms with Gasteiger partial charge in [-0.3, -0.25) is 14.9 Å². The molecule has 0 saturated heterocycles. The van der Waals surface area contributed by atoms with E-state index in [0.717, 1.165) is 19.3 Å². The fourth-order valence-electron chi connectivity index (χ4n) is 1.84. The summed E-state index contributed by atoms with van der Waals surface area (Å²) in [6.45, 7) is 5.13. The highest BCUT2D eigenvalue weighted by atomic mass is 16.6. The lowest BCUT2D eigenvalue weighted by atomic mass is 10.1. The van der Waals surface area contributed by atoms with Crippen molar-refractivity contribution in [1.82, 2.24) is 5.32 Å². The van der Waals surface area contributed by atoms with Crippen LogP contribution in [-0.4, -0.2) is 23.9 Å². The summed E-state index contributed by atoms with van der Waals surface area (Å²) in [5.74, 6) is -0.271. The van der Waals surface area contributed by atoms with Crippen LogP contribution in [0.3, 0.4) is 0 Å². The molecule has 0 aromatic heterocycles. The summed E-state index contributed by atoms with van der Waals surface area (Å²) in [5.41, 5.74) is 0.669. The third kappa shape index (κ3) is 4.53. The Balaban J connectivity index is 2.78. The second kappa shape index (κ2) is 8.14. The molecule has 0 fully saturated rings. The van der Waals surface area contributed by atoms with Crippen molar-refractivity contribution in [2.24, 2.45) is 0 Å². The number of benzene rings is 1. The highest BCUT2D eigenvalue weighted by Crippen LogP contribution is 2.25. The first kappa shape index (κ1) is 15.9. The van der Waals surface area contributed by atoms with Gasteiger partial charge in [0.05, 0.1) is 4.92 Å². The first-order chi connectivity index (χ1) is 9.60. The quantitative estimate of drug-likeness (QED) is 0.435. The fraction of sp³-hybridized carbons (Fsp3) is 0.500. The van der Waals surface area contributed by atoms with Gasteiger partial charge in [0.25, 0.3) is 11.6 Å². The maximum Gasteiger partial charge on any atom is 0.293 e. The van der Waals surface area contributed by atoms with E-state index in [0.29, 0.717) is 24.3 Å². The standard InChI is InChI=1S/C14H21N3O3/c1-3-5-6-9-16-14(18)11-7-8-12(15-4-2)13(10-11)17(19)20/h7-8,10,15H,3-6,9H2,1-2H3,(H,16,18). The molecule has 0 saturated carbocycles. The van der Waals surface area contributed by atoms with Crippen molar-refractivity contribution < 1.29 is 9.72 Å². The van der Waals surface area contributed by atoms with Crippen molar-refractivity contribution in [3.63, 3.8) is 0 Å². The molecule has 1 aromatic rings. The van der Waals surface area contributed by atoms with Gasteiger partial charge in [-0.1, -0.05) is 19.8 Å². The molecule has 1 aromatic carbocycles. The van der Waals surface area contributed by atoms with E-state index < -0.39 is 4.92 Å². The Kier molecular flexibility index (Phi) is 6.49. The Bertz CT molecular complexity index is 475. The van der Waals surface area contributed by atoms with Crippen LogP contribution in [0.1, 0.15) is 43.5 Å². The molecule has 1 rings (SSSR count). The van der Waals surface area contributed by atoms with Crippen molar-refractivity contribution in [3.05, 3.63) is 33.9 Å². The third-order valence-corrected chi connectivity index (χ3v) is 2.89. The summed E-state index contributed by atoms with van der Waals surface area (Å²) >= 11 is 0. The number of hydrogen-bond acceptors (Lipinski definition) is 4. The smallest absolute Gasteiger partial charge is 0.293 e. The minimum Gasteiger partial charge on any atom is -0.380 e. The second-order valence-electron chi connectivity index (χ2n) is 4.48. The number of amides is 1. The van der Waals surface area contributed by atoms with Crippen LogP contribution in [0.4, 0.5) is 11.4 Å². The van der Waals surface area contributed by atoms with Crippen molar-refractivity contribution in [2.75, 3.05) is 18.4 Å². The first-order valence-electron chi connectivity index (χ1n) is 6.90. The summed E-state index contributed by atoms with van der Waals surface area (Å²) in [7, 11) is 0. The molecule has 0 spiro atoms. The van der Waals surface area contributed by atoms with Crippen LogP contribution in [0.2, 0.25) is 0 Å². The summed E-state index contributed by atoms with van der Waals surface area (Å²) in [5, 5.41) is 16.7. The summed E-state index contributed by atoms with van der Waals surface area (Å²) in [6, 6.07) is 4.48. The van der Waals surface area contributed by atoms with Crippen LogP contribution in [0.25, 0.3) is 0 Å². The van der Waals surface area contributed by atoms with Crippen LogP contribution in [-0.2, 0) is 0 Å². The molecule has 0 bridgehead atoms. The number of anilines is 1. The van der Waals surface area contributed by atoms with Crippen LogP contribution in [0.5, 0.6) is 0 Å². The van der Waals surface area contributed by atoms with Crippen molar-refractivity contribution >= 4 is 17.3 Å². The normalized spacial score (nSPS) is 10.1. The number of carbonyl (C=O) groups is 1. The van der Waals surface area contributed by atoms with Crippen molar-refractivity contribution in [3.8, 4) is 0 Å². The van der Waals surface area contributed by atoms with Gasteiger partial charge in [-0.15, -0.1) is 0 Å². The zero-order valence-electron chi connectivity index (χ0n) is 11.9. The Hall–Kier alpha value is -2.11. The van der Waals surface area contributed by atoms with Gasteiger partial charge in [0.15, 0.2) is 0 Å². The SMILES string of the molecule is CCCCCNC(=O)c1ccc(NCC)c([N+](=O)[O-])c1. The Morgan fingerprint density at radius 3 is 2.65 bits per heavy atom. The van der Waals surface area contributed by atoms with Gasteiger partial charge < -0.3 is 10.6 Å². The monoisotopic (exact) mass is 279 g/mol. The Morgan fingerprint density at radius 1 is 1.30 bits per heavy atom. The van der Waals surface area contributed by atoms with Gasteiger partial charge in [-0.05, 0) is 25.5 Å². The molecule has 0 radical (unpaired) electrons. The van der Waals surface area contributed by atoms with Crippen LogP contribution in [0.15, 0.2) is 18.2 Å². The number of nitro benzene ring substituents is 1. The Labute approximate surface area is 118 Å². The Morgan fingerprint density at radius 2 is 2.05 bits per heavy atom. The molecule has 1 amide bonds. The van der Waals surface area contributed by atoms with E-state index in [1.54, 1.807) is 12.1 Å². The molecule has 110 valence electrons. The lowest BCUT2D eigenvalue weighted by Gasteiger charge is -2.08. The van der Waals surface area contributed by atoms with E-state index in [1.165, 1.54) is 6.07 Å². The fourth-order valence-corrected chi connectivity index (χ4v) is 1.84. The van der Waals surface area contributed by atoms with Gasteiger partial charge in [-0.25, -0.2) is 0 Å². The molecule has 20 heavy (non-hydrogen) atoms. The molecule has 2 N–H and O–H groups in total. The van der Waals surface area contributed by atoms with E-state index in [4.69, 9.17) is 0 Å². The predicted octanol–water partition coefficient (Wildman–Crippen LogP) is 2.95. The molecular weight excluding hydrogens is 258 g/mol. The number of rotatable bonds is 8. The zero-order valence-corrected chi connectivity index (χ0v) is 11.9. The molecule has 0 heterocycles. The van der Waals surface area contributed by atoms with E-state index in [9.17, 15) is 14.9 Å². The minimum absolute atomic E-state index is 0.0759. The third-order valence-electron chi connectivity index (χ3n) is 2.89. The van der Waals surface area contributed by atoms with Gasteiger partial charge in [-0.2, -0.15) is 0 Å². The lowest BCUT2D eigenvalue weighted by molar-refractivity contribution is -0.384. The molecule has 0 aliphatic carbocycles. The number of nitrogens with one attached hydrogen (secondary N) is 2. The summed E-state index contributed by atoms with van der Waals surface area (Å²) in [6.07, 6.45) is 3.05. The topological polar surface area (TPSA) is 84.3 Å². The number of nitrogens with zero attached hydrogens (tertiary/aromatic N) is 1. The highest BCUT2D eigenvalue weighted by molar-refractivity contribution is 5.95. The predicted molar refractivity (Wildman–Crippen MR) is 79.1 cm³/mol. The van der Waals surface area contributed by atoms with E-state index in [2.05, 4.69) is 17.6 Å². The molecular formula is C14H21N3O3. The summed E-state index contributed by atoms with van der Waals surface area (Å²) < 4.78 is 0. The maximum atomic E-state index is 11.9. The van der Waals surface area contributed by atoms with E-state index >= 15 is 0 Å². The maximum absolute atomic E-state index is 11.9. The number of carbonyl (C=O) groups excluding carboxylic acids is 1. The largest absolute Gasteiger partial charge is 0.380 e. The van der Waals surface area contributed by atoms with E-state index in [1.807, 2.05) is 6.92 Å². The average molecular weight is 279 g/mol. The molecule has 6 nitrogen and oxygen atoms in total. The first-order valence-corrected chi connectivity index (χ1v) is 6.90. The van der Waals surface area contributed by atoms with E-state index in [-0.39, 0.29) is 11.6 Å². The number of unbranched alkanes of at least 4 members (excludes halogenated alkanes) is 2. The van der Waals surface area contributed by atoms with Gasteiger partial charge >= 0.3 is 0 Å². The zero-order chi connectivity index (χ0) is 15.0. The van der Waals surface area contributed by atoms with Crippen LogP contribution < -0.4 is 10.6 Å². The van der Waals surface area contributed by atoms with Crippen molar-refractivity contribution in [2.45, 2.75) is 33.1 Å². The van der Waals surface area contributed by atoms with Crippen molar-refractivity contribution in [1.29, 1.82) is 0 Å². The second-order valence-corrected chi connectivity index (χ2v) is 4.48. The minimum atomic E-state index is -0.480.